The third-order valence-corrected chi connectivity index (χ3v) is 5.52. The van der Waals surface area contributed by atoms with Crippen LogP contribution < -0.4 is 20.1 Å². The molecular formula is C19H29N6O4+. The van der Waals surface area contributed by atoms with Crippen molar-refractivity contribution < 1.29 is 23.9 Å². The molecule has 1 amide bonds. The second kappa shape index (κ2) is 9.66. The number of nitrogens with one attached hydrogen (secondary N) is 1. The maximum absolute atomic E-state index is 11.6. The molecule has 29 heavy (non-hydrogen) atoms. The Hall–Kier alpha value is -2.72. The van der Waals surface area contributed by atoms with Gasteiger partial charge < -0.3 is 24.8 Å². The highest BCUT2D eigenvalue weighted by Crippen LogP contribution is 2.31. The fourth-order valence-electron chi connectivity index (χ4n) is 3.92. The molecule has 3 rings (SSSR count). The van der Waals surface area contributed by atoms with Crippen LogP contribution >= 0.6 is 0 Å². The lowest BCUT2D eigenvalue weighted by Crippen LogP contribution is -3.13. The standard InChI is InChI=1S/C19H28N6O4/c1-27-11-10-25-19(21-22-23-25)17(24-8-6-13(7-9-24)18(20)26)15-5-4-14(28-2)12-16(15)29-3/h4-5,12-13,17H,6-11H2,1-3H3,(H2,20,26)/p+1/t17-/m0/s1. The number of tetrazole rings is 1. The Balaban J connectivity index is 1.99. The number of piperidine rings is 1. The van der Waals surface area contributed by atoms with Gasteiger partial charge in [-0.1, -0.05) is 0 Å². The predicted molar refractivity (Wildman–Crippen MR) is 104 cm³/mol. The quantitative estimate of drug-likeness (QED) is 0.561. The van der Waals surface area contributed by atoms with E-state index < -0.39 is 0 Å². The highest BCUT2D eigenvalue weighted by atomic mass is 16.5. The first-order valence-electron chi connectivity index (χ1n) is 9.69. The van der Waals surface area contributed by atoms with Crippen molar-refractivity contribution in [2.75, 3.05) is 41.0 Å². The second-order valence-corrected chi connectivity index (χ2v) is 7.13. The van der Waals surface area contributed by atoms with Crippen molar-refractivity contribution in [1.29, 1.82) is 0 Å². The van der Waals surface area contributed by atoms with Crippen molar-refractivity contribution >= 4 is 5.91 Å². The van der Waals surface area contributed by atoms with E-state index in [-0.39, 0.29) is 17.9 Å². The molecule has 1 aromatic heterocycles. The van der Waals surface area contributed by atoms with Gasteiger partial charge in [-0.05, 0) is 22.6 Å². The maximum Gasteiger partial charge on any atom is 0.220 e. The van der Waals surface area contributed by atoms with E-state index in [2.05, 4.69) is 15.5 Å². The fourth-order valence-corrected chi connectivity index (χ4v) is 3.92. The Labute approximate surface area is 169 Å². The van der Waals surface area contributed by atoms with E-state index in [1.54, 1.807) is 26.0 Å². The summed E-state index contributed by atoms with van der Waals surface area (Å²) in [6.45, 7) is 2.61. The van der Waals surface area contributed by atoms with Gasteiger partial charge in [0.2, 0.25) is 11.7 Å². The number of nitrogens with zero attached hydrogens (tertiary/aromatic N) is 4. The number of nitrogens with two attached hydrogens (primary N) is 1. The van der Waals surface area contributed by atoms with Crippen LogP contribution in [0.2, 0.25) is 0 Å². The zero-order valence-electron chi connectivity index (χ0n) is 17.1. The number of hydrogen-bond donors (Lipinski definition) is 2. The van der Waals surface area contributed by atoms with Gasteiger partial charge in [-0.25, -0.2) is 4.68 Å². The molecule has 1 aliphatic heterocycles. The molecule has 2 heterocycles. The summed E-state index contributed by atoms with van der Waals surface area (Å²) in [6.07, 6.45) is 1.47. The van der Waals surface area contributed by atoms with Gasteiger partial charge in [-0.2, -0.15) is 0 Å². The minimum atomic E-state index is -0.229. The molecule has 3 N–H and O–H groups in total. The number of carbonyl (C=O) groups excluding carboxylic acids is 1. The van der Waals surface area contributed by atoms with Crippen molar-refractivity contribution in [3.8, 4) is 11.5 Å². The first-order chi connectivity index (χ1) is 14.1. The first-order valence-corrected chi connectivity index (χ1v) is 9.69. The topological polar surface area (TPSA) is 119 Å². The van der Waals surface area contributed by atoms with Crippen LogP contribution in [0.1, 0.15) is 30.3 Å². The number of hydrogen-bond acceptors (Lipinski definition) is 7. The summed E-state index contributed by atoms with van der Waals surface area (Å²) in [5.41, 5.74) is 6.49. The van der Waals surface area contributed by atoms with E-state index in [1.807, 2.05) is 18.2 Å². The Morgan fingerprint density at radius 2 is 2.03 bits per heavy atom. The van der Waals surface area contributed by atoms with Crippen LogP contribution in [0, 0.1) is 5.92 Å². The number of quaternary nitrogens is 1. The monoisotopic (exact) mass is 405 g/mol. The van der Waals surface area contributed by atoms with Crippen molar-refractivity contribution in [2.24, 2.45) is 11.7 Å². The van der Waals surface area contributed by atoms with Gasteiger partial charge in [0.1, 0.15) is 11.5 Å². The highest BCUT2D eigenvalue weighted by Gasteiger charge is 2.37. The third-order valence-electron chi connectivity index (χ3n) is 5.52. The highest BCUT2D eigenvalue weighted by molar-refractivity contribution is 5.76. The molecule has 2 aromatic rings. The summed E-state index contributed by atoms with van der Waals surface area (Å²) in [5.74, 6) is 1.85. The van der Waals surface area contributed by atoms with Crippen LogP contribution in [-0.2, 0) is 16.1 Å². The lowest BCUT2D eigenvalue weighted by Gasteiger charge is -2.33. The van der Waals surface area contributed by atoms with Gasteiger partial charge in [0.25, 0.3) is 0 Å². The number of aromatic nitrogens is 4. The van der Waals surface area contributed by atoms with Crippen molar-refractivity contribution in [2.45, 2.75) is 25.4 Å². The molecule has 1 atom stereocenters. The lowest BCUT2D eigenvalue weighted by molar-refractivity contribution is -0.931. The van der Waals surface area contributed by atoms with Gasteiger partial charge in [-0.15, -0.1) is 5.10 Å². The molecule has 10 heteroatoms. The van der Waals surface area contributed by atoms with Crippen LogP contribution in [0.3, 0.4) is 0 Å². The molecule has 1 aromatic carbocycles. The van der Waals surface area contributed by atoms with Crippen molar-refractivity contribution in [3.63, 3.8) is 0 Å². The number of rotatable bonds is 9. The Morgan fingerprint density at radius 1 is 1.28 bits per heavy atom. The van der Waals surface area contributed by atoms with Gasteiger partial charge in [0.05, 0.1) is 46.0 Å². The molecule has 0 spiro atoms. The lowest BCUT2D eigenvalue weighted by atomic mass is 9.93. The van der Waals surface area contributed by atoms with E-state index >= 15 is 0 Å². The fraction of sp³-hybridized carbons (Fsp3) is 0.579. The average molecular weight is 405 g/mol. The largest absolute Gasteiger partial charge is 0.497 e. The number of likely N-dealkylation sites (tertiary alicyclic amines) is 1. The summed E-state index contributed by atoms with van der Waals surface area (Å²) in [6, 6.07) is 5.60. The second-order valence-electron chi connectivity index (χ2n) is 7.13. The van der Waals surface area contributed by atoms with Crippen LogP contribution in [-0.4, -0.2) is 67.1 Å². The smallest absolute Gasteiger partial charge is 0.220 e. The minimum absolute atomic E-state index is 0.0818. The molecule has 0 bridgehead atoms. The zero-order valence-corrected chi connectivity index (χ0v) is 17.1. The molecule has 0 radical (unpaired) electrons. The zero-order chi connectivity index (χ0) is 20.8. The number of ether oxygens (including phenoxy) is 3. The Morgan fingerprint density at radius 3 is 2.66 bits per heavy atom. The number of methoxy groups -OCH3 is 3. The molecule has 158 valence electrons. The minimum Gasteiger partial charge on any atom is -0.497 e. The van der Waals surface area contributed by atoms with Gasteiger partial charge in [0.15, 0.2) is 6.04 Å². The number of amides is 1. The normalized spacial score (nSPS) is 20.2. The van der Waals surface area contributed by atoms with E-state index in [0.29, 0.717) is 24.7 Å². The predicted octanol–water partition coefficient (Wildman–Crippen LogP) is -0.794. The summed E-state index contributed by atoms with van der Waals surface area (Å²) in [7, 11) is 4.91. The number of carbonyl (C=O) groups is 1. The van der Waals surface area contributed by atoms with Gasteiger partial charge in [0, 0.05) is 31.9 Å². The molecule has 0 aliphatic carbocycles. The number of benzene rings is 1. The van der Waals surface area contributed by atoms with Gasteiger partial charge >= 0.3 is 0 Å². The van der Waals surface area contributed by atoms with E-state index in [9.17, 15) is 4.79 Å². The number of primary amides is 1. The van der Waals surface area contributed by atoms with E-state index in [4.69, 9.17) is 19.9 Å². The SMILES string of the molecule is COCCn1nnnc1[C@H](c1ccc(OC)cc1OC)[NH+]1CCC(C(N)=O)CC1. The van der Waals surface area contributed by atoms with Crippen LogP contribution in [0.15, 0.2) is 18.2 Å². The molecule has 0 unspecified atom stereocenters. The first kappa shape index (κ1) is 21.0. The average Bonchev–Trinajstić information content (AvgIpc) is 3.21. The molecule has 1 aliphatic rings. The van der Waals surface area contributed by atoms with Gasteiger partial charge in [-0.3, -0.25) is 4.79 Å². The summed E-state index contributed by atoms with van der Waals surface area (Å²) < 4.78 is 18.0. The van der Waals surface area contributed by atoms with Crippen LogP contribution in [0.4, 0.5) is 0 Å². The Bertz CT molecular complexity index is 819. The van der Waals surface area contributed by atoms with Crippen LogP contribution in [0.5, 0.6) is 11.5 Å². The van der Waals surface area contributed by atoms with Crippen molar-refractivity contribution in [1.82, 2.24) is 20.2 Å². The van der Waals surface area contributed by atoms with E-state index in [0.717, 1.165) is 37.3 Å². The summed E-state index contributed by atoms with van der Waals surface area (Å²) in [5, 5.41) is 12.4. The van der Waals surface area contributed by atoms with Crippen LogP contribution in [0.25, 0.3) is 0 Å². The maximum atomic E-state index is 11.6. The Kier molecular flexibility index (Phi) is 6.99. The molecule has 10 nitrogen and oxygen atoms in total. The summed E-state index contributed by atoms with van der Waals surface area (Å²) >= 11 is 0. The third kappa shape index (κ3) is 4.65. The molecular weight excluding hydrogens is 376 g/mol. The van der Waals surface area contributed by atoms with E-state index in [1.165, 1.54) is 4.90 Å². The molecule has 1 saturated heterocycles. The van der Waals surface area contributed by atoms with Crippen molar-refractivity contribution in [3.05, 3.63) is 29.6 Å². The molecule has 1 fully saturated rings. The molecule has 0 saturated carbocycles. The summed E-state index contributed by atoms with van der Waals surface area (Å²) in [4.78, 5) is 12.9.